The summed E-state index contributed by atoms with van der Waals surface area (Å²) in [6.45, 7) is 2.55. The van der Waals surface area contributed by atoms with E-state index in [0.29, 0.717) is 23.6 Å². The fraction of sp³-hybridized carbons (Fsp3) is 0.167. The van der Waals surface area contributed by atoms with Crippen LogP contribution in [0.1, 0.15) is 31.7 Å². The summed E-state index contributed by atoms with van der Waals surface area (Å²) in [5.74, 6) is -1.50. The summed E-state index contributed by atoms with van der Waals surface area (Å²) in [7, 11) is 0. The summed E-state index contributed by atoms with van der Waals surface area (Å²) in [5, 5.41) is 13.0. The smallest absolute Gasteiger partial charge is 0.259 e. The van der Waals surface area contributed by atoms with Gasteiger partial charge < -0.3 is 15.2 Å². The minimum atomic E-state index is -0.747. The lowest BCUT2D eigenvalue weighted by molar-refractivity contribution is -0.112. The van der Waals surface area contributed by atoms with Crippen molar-refractivity contribution in [2.75, 3.05) is 11.9 Å². The fourth-order valence-electron chi connectivity index (χ4n) is 3.39. The maximum Gasteiger partial charge on any atom is 0.259 e. The molecule has 36 heavy (non-hydrogen) atoms. The summed E-state index contributed by atoms with van der Waals surface area (Å²) in [6, 6.07) is 10.1. The Kier molecular flexibility index (Phi) is 10.0. The van der Waals surface area contributed by atoms with E-state index in [-0.39, 0.29) is 23.3 Å². The van der Waals surface area contributed by atoms with Gasteiger partial charge in [-0.05, 0) is 48.8 Å². The van der Waals surface area contributed by atoms with Gasteiger partial charge >= 0.3 is 0 Å². The van der Waals surface area contributed by atoms with Crippen molar-refractivity contribution < 1.29 is 23.4 Å². The van der Waals surface area contributed by atoms with E-state index < -0.39 is 17.5 Å². The number of hydrogen-bond donors (Lipinski definition) is 2. The number of hydrogen-bond acceptors (Lipinski definition) is 3. The summed E-state index contributed by atoms with van der Waals surface area (Å²) >= 11 is 0. The molecule has 0 aromatic heterocycles. The molecule has 0 radical (unpaired) electrons. The molecule has 0 aliphatic heterocycles. The largest absolute Gasteiger partial charge is 0.511 e. The molecule has 0 bridgehead atoms. The lowest BCUT2D eigenvalue weighted by Crippen LogP contribution is -2.15. The van der Waals surface area contributed by atoms with Crippen LogP contribution in [0.4, 0.5) is 14.5 Å². The van der Waals surface area contributed by atoms with Gasteiger partial charge in [0.15, 0.2) is 0 Å². The van der Waals surface area contributed by atoms with Gasteiger partial charge in [-0.15, -0.1) is 0 Å². The standard InChI is InChI=1S/C23H21F2NO3.C7H8/c1-2-11-29-18-7-4-6-17(14-18)26-23(28)20-12-15(5-3-8-22(20)27)19-10-9-16(24)13-21(19)25;1-2-4-6-7-5-3-1/h3-7,9-10,12-14,27H,2,8,11H2,1H3,(H,26,28);1-6H,7H2. The maximum absolute atomic E-state index is 14.2. The number of benzene rings is 2. The summed E-state index contributed by atoms with van der Waals surface area (Å²) in [4.78, 5) is 12.8. The molecule has 0 saturated heterocycles. The number of allylic oxidation sites excluding steroid dienone is 9. The summed E-state index contributed by atoms with van der Waals surface area (Å²) in [5.41, 5.74) is 1.01. The third kappa shape index (κ3) is 7.94. The van der Waals surface area contributed by atoms with Gasteiger partial charge in [0.2, 0.25) is 0 Å². The first-order valence-electron chi connectivity index (χ1n) is 11.8. The van der Waals surface area contributed by atoms with Crippen molar-refractivity contribution in [3.63, 3.8) is 0 Å². The van der Waals surface area contributed by atoms with Gasteiger partial charge in [0.1, 0.15) is 23.1 Å². The number of rotatable bonds is 6. The number of anilines is 1. The SMILES string of the molecule is C1=CC=CCC=C1.CCCOc1cccc(NC(=O)C2=C(O)CC=CC(c3ccc(F)cc3F)=C2)c1. The predicted octanol–water partition coefficient (Wildman–Crippen LogP) is 7.61. The normalized spacial score (nSPS) is 14.4. The van der Waals surface area contributed by atoms with E-state index in [9.17, 15) is 18.7 Å². The number of amides is 1. The number of carbonyl (C=O) groups excluding carboxylic acids is 1. The molecule has 2 aliphatic carbocycles. The van der Waals surface area contributed by atoms with Crippen molar-refractivity contribution in [1.29, 1.82) is 0 Å². The van der Waals surface area contributed by atoms with Gasteiger partial charge in [-0.25, -0.2) is 8.78 Å². The molecule has 0 atom stereocenters. The molecule has 186 valence electrons. The molecule has 4 rings (SSSR count). The number of aliphatic hydroxyl groups excluding tert-OH is 1. The Balaban J connectivity index is 0.000000444. The summed E-state index contributed by atoms with van der Waals surface area (Å²) < 4.78 is 32.9. The predicted molar refractivity (Wildman–Crippen MR) is 141 cm³/mol. The molecule has 0 saturated carbocycles. The van der Waals surface area contributed by atoms with Gasteiger partial charge in [0.05, 0.1) is 12.2 Å². The average Bonchev–Trinajstić information content (AvgIpc) is 3.27. The highest BCUT2D eigenvalue weighted by atomic mass is 19.1. The third-order valence-corrected chi connectivity index (χ3v) is 5.15. The second kappa shape index (κ2) is 13.6. The first kappa shape index (κ1) is 26.4. The molecule has 0 fully saturated rings. The van der Waals surface area contributed by atoms with Crippen LogP contribution in [0, 0.1) is 11.6 Å². The van der Waals surface area contributed by atoms with Crippen molar-refractivity contribution in [3.8, 4) is 5.75 Å². The van der Waals surface area contributed by atoms with E-state index in [0.717, 1.165) is 25.0 Å². The van der Waals surface area contributed by atoms with Crippen LogP contribution < -0.4 is 10.1 Å². The fourth-order valence-corrected chi connectivity index (χ4v) is 3.39. The van der Waals surface area contributed by atoms with E-state index in [1.807, 2.05) is 19.1 Å². The molecule has 2 aliphatic rings. The highest BCUT2D eigenvalue weighted by Gasteiger charge is 2.18. The lowest BCUT2D eigenvalue weighted by Gasteiger charge is -2.11. The van der Waals surface area contributed by atoms with Crippen molar-refractivity contribution >= 4 is 17.2 Å². The van der Waals surface area contributed by atoms with E-state index >= 15 is 0 Å². The molecule has 2 aromatic rings. The van der Waals surface area contributed by atoms with Crippen molar-refractivity contribution in [2.45, 2.75) is 26.2 Å². The van der Waals surface area contributed by atoms with Gasteiger partial charge in [0, 0.05) is 29.8 Å². The van der Waals surface area contributed by atoms with Crippen LogP contribution in [0.5, 0.6) is 5.75 Å². The first-order chi connectivity index (χ1) is 17.5. The molecule has 6 heteroatoms. The molecule has 0 unspecified atom stereocenters. The Morgan fingerprint density at radius 3 is 2.53 bits per heavy atom. The van der Waals surface area contributed by atoms with Crippen LogP contribution in [0.2, 0.25) is 0 Å². The second-order valence-corrected chi connectivity index (χ2v) is 8.00. The molecule has 0 spiro atoms. The van der Waals surface area contributed by atoms with Crippen LogP contribution in [-0.4, -0.2) is 17.6 Å². The van der Waals surface area contributed by atoms with E-state index in [2.05, 4.69) is 29.6 Å². The zero-order valence-electron chi connectivity index (χ0n) is 20.1. The van der Waals surface area contributed by atoms with Crippen LogP contribution in [-0.2, 0) is 4.79 Å². The Labute approximate surface area is 210 Å². The first-order valence-corrected chi connectivity index (χ1v) is 11.8. The number of nitrogens with one attached hydrogen (secondary N) is 1. The number of aliphatic hydroxyl groups is 1. The van der Waals surface area contributed by atoms with Crippen molar-refractivity contribution in [2.24, 2.45) is 0 Å². The minimum Gasteiger partial charge on any atom is -0.511 e. The van der Waals surface area contributed by atoms with Gasteiger partial charge in [0.25, 0.3) is 5.91 Å². The summed E-state index contributed by atoms with van der Waals surface area (Å²) in [6.07, 6.45) is 19.1. The molecule has 1 amide bonds. The minimum absolute atomic E-state index is 0.00797. The van der Waals surface area contributed by atoms with Gasteiger partial charge in [-0.1, -0.05) is 61.6 Å². The van der Waals surface area contributed by atoms with Gasteiger partial charge in [-0.3, -0.25) is 4.79 Å². The van der Waals surface area contributed by atoms with E-state index in [1.165, 1.54) is 12.1 Å². The van der Waals surface area contributed by atoms with Crippen LogP contribution in [0.25, 0.3) is 5.57 Å². The number of carbonyl (C=O) groups is 1. The zero-order valence-corrected chi connectivity index (χ0v) is 20.1. The Hall–Kier alpha value is -4.19. The zero-order chi connectivity index (χ0) is 25.8. The molecule has 2 N–H and O–H groups in total. The Bertz CT molecular complexity index is 1240. The van der Waals surface area contributed by atoms with E-state index in [4.69, 9.17) is 4.74 Å². The lowest BCUT2D eigenvalue weighted by atomic mass is 10.0. The van der Waals surface area contributed by atoms with Crippen molar-refractivity contribution in [1.82, 2.24) is 0 Å². The third-order valence-electron chi connectivity index (χ3n) is 5.15. The molecule has 2 aromatic carbocycles. The Morgan fingerprint density at radius 1 is 1.03 bits per heavy atom. The van der Waals surface area contributed by atoms with E-state index in [1.54, 1.807) is 36.4 Å². The van der Waals surface area contributed by atoms with Gasteiger partial charge in [-0.2, -0.15) is 0 Å². The number of halogens is 2. The quantitative estimate of drug-likeness (QED) is 0.439. The average molecular weight is 490 g/mol. The molecule has 0 heterocycles. The highest BCUT2D eigenvalue weighted by molar-refractivity contribution is 6.08. The topological polar surface area (TPSA) is 58.6 Å². The second-order valence-electron chi connectivity index (χ2n) is 8.00. The highest BCUT2D eigenvalue weighted by Crippen LogP contribution is 2.27. The van der Waals surface area contributed by atoms with Crippen LogP contribution in [0.3, 0.4) is 0 Å². The van der Waals surface area contributed by atoms with Crippen LogP contribution in [0.15, 0.2) is 108 Å². The van der Waals surface area contributed by atoms with Crippen molar-refractivity contribution in [3.05, 3.63) is 126 Å². The molecular weight excluding hydrogens is 460 g/mol. The number of ether oxygens (including phenoxy) is 1. The molecular formula is C30H29F2NO3. The molecule has 4 nitrogen and oxygen atoms in total. The Morgan fingerprint density at radius 2 is 1.81 bits per heavy atom. The maximum atomic E-state index is 14.2. The monoisotopic (exact) mass is 489 g/mol. The van der Waals surface area contributed by atoms with Crippen LogP contribution >= 0.6 is 0 Å².